The Bertz CT molecular complexity index is 715. The summed E-state index contributed by atoms with van der Waals surface area (Å²) in [5.41, 5.74) is 1.13. The van der Waals surface area contributed by atoms with Crippen LogP contribution < -0.4 is 0 Å². The molecular weight excluding hydrogens is 278 g/mol. The first-order valence-electron chi connectivity index (χ1n) is 4.97. The largest absolute Gasteiger partial charge is 0.342 e. The molecule has 0 spiro atoms. The van der Waals surface area contributed by atoms with E-state index in [4.69, 9.17) is 10.7 Å². The number of hydrogen-bond donors (Lipinski definition) is 1. The lowest BCUT2D eigenvalue weighted by Crippen LogP contribution is -2.05. The van der Waals surface area contributed by atoms with Crippen LogP contribution >= 0.6 is 10.7 Å². The zero-order valence-corrected chi connectivity index (χ0v) is 11.2. The second kappa shape index (κ2) is 4.25. The zero-order valence-electron chi connectivity index (χ0n) is 9.64. The van der Waals surface area contributed by atoms with Gasteiger partial charge in [-0.05, 0) is 24.6 Å². The summed E-state index contributed by atoms with van der Waals surface area (Å²) in [4.78, 5) is 14.5. The topological polar surface area (TPSA) is 84.8 Å². The number of aromatic nitrogens is 3. The molecule has 0 bridgehead atoms. The number of aryl methyl sites for hydroxylation is 2. The maximum atomic E-state index is 12.1. The van der Waals surface area contributed by atoms with E-state index in [0.29, 0.717) is 5.56 Å². The van der Waals surface area contributed by atoms with Crippen LogP contribution in [0.2, 0.25) is 0 Å². The number of hydrogen-bond acceptors (Lipinski definition) is 4. The Kier molecular flexibility index (Phi) is 3.04. The first-order chi connectivity index (χ1) is 8.29. The second-order valence-electron chi connectivity index (χ2n) is 3.84. The summed E-state index contributed by atoms with van der Waals surface area (Å²) in [6.07, 6.45) is 1.70. The second-order valence-corrected chi connectivity index (χ2v) is 6.37. The summed E-state index contributed by atoms with van der Waals surface area (Å²) in [5.74, 6) is -0.375. The van der Waals surface area contributed by atoms with Gasteiger partial charge < -0.3 is 4.98 Å². The molecule has 2 rings (SSSR count). The maximum absolute atomic E-state index is 12.1. The number of rotatable bonds is 3. The van der Waals surface area contributed by atoms with Gasteiger partial charge in [-0.1, -0.05) is 0 Å². The van der Waals surface area contributed by atoms with E-state index in [-0.39, 0.29) is 22.2 Å². The molecule has 0 saturated heterocycles. The van der Waals surface area contributed by atoms with Gasteiger partial charge in [-0.15, -0.1) is 0 Å². The number of aromatic amines is 1. The fraction of sp³-hybridized carbons (Fsp3) is 0.200. The van der Waals surface area contributed by atoms with Crippen molar-refractivity contribution >= 4 is 25.5 Å². The SMILES string of the molecule is Cc1cn(C)nc1C(=O)c1ccc(S(=O)(=O)Cl)[nH]1. The van der Waals surface area contributed by atoms with Gasteiger partial charge in [-0.2, -0.15) is 5.10 Å². The molecule has 0 aliphatic heterocycles. The Morgan fingerprint density at radius 2 is 2.11 bits per heavy atom. The van der Waals surface area contributed by atoms with Crippen molar-refractivity contribution in [1.82, 2.24) is 14.8 Å². The van der Waals surface area contributed by atoms with Gasteiger partial charge in [0.05, 0.1) is 5.69 Å². The first kappa shape index (κ1) is 12.8. The zero-order chi connectivity index (χ0) is 13.5. The monoisotopic (exact) mass is 287 g/mol. The van der Waals surface area contributed by atoms with Gasteiger partial charge in [0.15, 0.2) is 0 Å². The quantitative estimate of drug-likeness (QED) is 0.679. The molecule has 6 nitrogen and oxygen atoms in total. The van der Waals surface area contributed by atoms with Crippen molar-refractivity contribution in [3.05, 3.63) is 35.3 Å². The van der Waals surface area contributed by atoms with Crippen LogP contribution in [0.25, 0.3) is 0 Å². The van der Waals surface area contributed by atoms with E-state index < -0.39 is 9.05 Å². The summed E-state index contributed by atoms with van der Waals surface area (Å²) in [5, 5.41) is 3.82. The van der Waals surface area contributed by atoms with Gasteiger partial charge in [0.25, 0.3) is 9.05 Å². The molecule has 18 heavy (non-hydrogen) atoms. The van der Waals surface area contributed by atoms with Gasteiger partial charge in [-0.3, -0.25) is 9.48 Å². The molecule has 0 amide bonds. The molecule has 1 N–H and O–H groups in total. The molecule has 0 radical (unpaired) electrons. The maximum Gasteiger partial charge on any atom is 0.276 e. The molecule has 0 atom stereocenters. The van der Waals surface area contributed by atoms with Crippen molar-refractivity contribution in [3.8, 4) is 0 Å². The average Bonchev–Trinajstić information content (AvgIpc) is 2.83. The highest BCUT2D eigenvalue weighted by atomic mass is 35.7. The molecule has 0 aliphatic carbocycles. The molecule has 0 saturated carbocycles. The molecule has 2 heterocycles. The van der Waals surface area contributed by atoms with Crippen molar-refractivity contribution in [2.45, 2.75) is 11.9 Å². The van der Waals surface area contributed by atoms with Gasteiger partial charge in [0.2, 0.25) is 5.78 Å². The van der Waals surface area contributed by atoms with Crippen molar-refractivity contribution in [1.29, 1.82) is 0 Å². The smallest absolute Gasteiger partial charge is 0.276 e. The highest BCUT2D eigenvalue weighted by Gasteiger charge is 2.20. The summed E-state index contributed by atoms with van der Waals surface area (Å²) in [6, 6.07) is 2.61. The number of halogens is 1. The highest BCUT2D eigenvalue weighted by molar-refractivity contribution is 8.13. The van der Waals surface area contributed by atoms with E-state index in [0.717, 1.165) is 0 Å². The van der Waals surface area contributed by atoms with Crippen LogP contribution in [0.3, 0.4) is 0 Å². The predicted octanol–water partition coefficient (Wildman–Crippen LogP) is 1.22. The number of H-pyrrole nitrogens is 1. The molecule has 8 heteroatoms. The van der Waals surface area contributed by atoms with E-state index in [1.807, 2.05) is 0 Å². The normalized spacial score (nSPS) is 11.7. The van der Waals surface area contributed by atoms with Crippen molar-refractivity contribution in [2.24, 2.45) is 7.05 Å². The lowest BCUT2D eigenvalue weighted by molar-refractivity contribution is 0.102. The van der Waals surface area contributed by atoms with Crippen LogP contribution in [0.5, 0.6) is 0 Å². The third kappa shape index (κ3) is 2.32. The van der Waals surface area contributed by atoms with Gasteiger partial charge in [0, 0.05) is 23.9 Å². The van der Waals surface area contributed by atoms with E-state index in [2.05, 4.69) is 10.1 Å². The molecule has 0 unspecified atom stereocenters. The molecule has 96 valence electrons. The number of ketones is 1. The standard InChI is InChI=1S/C10H10ClN3O3S/c1-6-5-14(2)13-9(6)10(15)7-3-4-8(12-7)18(11,16)17/h3-5,12H,1-2H3. The Labute approximate surface area is 108 Å². The minimum Gasteiger partial charge on any atom is -0.342 e. The molecule has 2 aromatic rings. The fourth-order valence-electron chi connectivity index (χ4n) is 1.61. The molecule has 2 aromatic heterocycles. The predicted molar refractivity (Wildman–Crippen MR) is 65.2 cm³/mol. The number of carbonyl (C=O) groups excluding carboxylic acids is 1. The van der Waals surface area contributed by atoms with E-state index in [1.165, 1.54) is 16.8 Å². The molecule has 0 aromatic carbocycles. The summed E-state index contributed by atoms with van der Waals surface area (Å²) in [6.45, 7) is 1.75. The third-order valence-electron chi connectivity index (χ3n) is 2.39. The van der Waals surface area contributed by atoms with Gasteiger partial charge in [0.1, 0.15) is 10.7 Å². The summed E-state index contributed by atoms with van der Waals surface area (Å²) < 4.78 is 23.7. The molecule has 0 aliphatic rings. The highest BCUT2D eigenvalue weighted by Crippen LogP contribution is 2.17. The number of nitrogens with one attached hydrogen (secondary N) is 1. The average molecular weight is 288 g/mol. The Balaban J connectivity index is 2.41. The van der Waals surface area contributed by atoms with E-state index >= 15 is 0 Å². The van der Waals surface area contributed by atoms with Crippen LogP contribution in [0, 0.1) is 6.92 Å². The number of carbonyl (C=O) groups is 1. The number of nitrogens with zero attached hydrogens (tertiary/aromatic N) is 2. The summed E-state index contributed by atoms with van der Waals surface area (Å²) >= 11 is 0. The Morgan fingerprint density at radius 3 is 2.56 bits per heavy atom. The Hall–Kier alpha value is -1.60. The van der Waals surface area contributed by atoms with Crippen LogP contribution in [-0.4, -0.2) is 29.0 Å². The molecule has 0 fully saturated rings. The molecular formula is C10H10ClN3O3S. The van der Waals surface area contributed by atoms with E-state index in [1.54, 1.807) is 20.2 Å². The van der Waals surface area contributed by atoms with Crippen molar-refractivity contribution in [3.63, 3.8) is 0 Å². The van der Waals surface area contributed by atoms with Crippen molar-refractivity contribution in [2.75, 3.05) is 0 Å². The minimum atomic E-state index is -3.86. The lowest BCUT2D eigenvalue weighted by atomic mass is 10.1. The first-order valence-corrected chi connectivity index (χ1v) is 7.28. The van der Waals surface area contributed by atoms with Gasteiger partial charge >= 0.3 is 0 Å². The van der Waals surface area contributed by atoms with Crippen LogP contribution in [0.4, 0.5) is 0 Å². The third-order valence-corrected chi connectivity index (χ3v) is 3.66. The Morgan fingerprint density at radius 1 is 1.44 bits per heavy atom. The summed E-state index contributed by atoms with van der Waals surface area (Å²) in [7, 11) is 3.01. The fourth-order valence-corrected chi connectivity index (χ4v) is 2.34. The lowest BCUT2D eigenvalue weighted by Gasteiger charge is -1.95. The van der Waals surface area contributed by atoms with Crippen LogP contribution in [0.1, 0.15) is 21.7 Å². The van der Waals surface area contributed by atoms with Gasteiger partial charge in [-0.25, -0.2) is 8.42 Å². The van der Waals surface area contributed by atoms with E-state index in [9.17, 15) is 13.2 Å². The van der Waals surface area contributed by atoms with Crippen LogP contribution in [-0.2, 0) is 16.1 Å². The minimum absolute atomic E-state index is 0.135. The van der Waals surface area contributed by atoms with Crippen molar-refractivity contribution < 1.29 is 13.2 Å². The van der Waals surface area contributed by atoms with Crippen LogP contribution in [0.15, 0.2) is 23.4 Å².